The van der Waals surface area contributed by atoms with Gasteiger partial charge in [0.05, 0.1) is 0 Å². The van der Waals surface area contributed by atoms with Crippen LogP contribution in [0.15, 0.2) is 0 Å². The normalized spacial score (nSPS) is 23.3. The van der Waals surface area contributed by atoms with Crippen LogP contribution in [0.25, 0.3) is 0 Å². The fourth-order valence-corrected chi connectivity index (χ4v) is 1.03. The SMILES string of the molecule is CN1CCC(N)CC1.Cl. The highest BCUT2D eigenvalue weighted by Gasteiger charge is 2.10. The number of nitrogens with zero attached hydrogens (tertiary/aromatic N) is 1. The summed E-state index contributed by atoms with van der Waals surface area (Å²) in [4.78, 5) is 2.32. The monoisotopic (exact) mass is 150 g/mol. The maximum absolute atomic E-state index is 5.67. The minimum absolute atomic E-state index is 0. The van der Waals surface area contributed by atoms with Crippen molar-refractivity contribution in [3.05, 3.63) is 0 Å². The van der Waals surface area contributed by atoms with Gasteiger partial charge in [-0.15, -0.1) is 12.4 Å². The summed E-state index contributed by atoms with van der Waals surface area (Å²) in [7, 11) is 2.14. The van der Waals surface area contributed by atoms with Crippen molar-refractivity contribution in [3.63, 3.8) is 0 Å². The zero-order valence-corrected chi connectivity index (χ0v) is 6.66. The largest absolute Gasteiger partial charge is 0.328 e. The lowest BCUT2D eigenvalue weighted by molar-refractivity contribution is 0.256. The molecule has 0 amide bonds. The predicted molar refractivity (Wildman–Crippen MR) is 42.0 cm³/mol. The lowest BCUT2D eigenvalue weighted by Gasteiger charge is -2.25. The summed E-state index contributed by atoms with van der Waals surface area (Å²) in [6.45, 7) is 2.36. The number of halogens is 1. The van der Waals surface area contributed by atoms with Gasteiger partial charge in [0.1, 0.15) is 0 Å². The number of hydrogen-bond acceptors (Lipinski definition) is 2. The molecule has 1 heterocycles. The lowest BCUT2D eigenvalue weighted by Crippen LogP contribution is -2.37. The molecular weight excluding hydrogens is 136 g/mol. The van der Waals surface area contributed by atoms with Gasteiger partial charge < -0.3 is 10.6 Å². The molecule has 0 bridgehead atoms. The summed E-state index contributed by atoms with van der Waals surface area (Å²) in [5.74, 6) is 0. The van der Waals surface area contributed by atoms with E-state index in [-0.39, 0.29) is 12.4 Å². The first kappa shape index (κ1) is 9.21. The van der Waals surface area contributed by atoms with E-state index in [1.54, 1.807) is 0 Å². The van der Waals surface area contributed by atoms with Gasteiger partial charge in [-0.1, -0.05) is 0 Å². The van der Waals surface area contributed by atoms with Crippen LogP contribution in [0.2, 0.25) is 0 Å². The van der Waals surface area contributed by atoms with Crippen LogP contribution in [0.4, 0.5) is 0 Å². The number of hydrogen-bond donors (Lipinski definition) is 1. The Hall–Kier alpha value is 0.210. The first-order chi connectivity index (χ1) is 3.79. The van der Waals surface area contributed by atoms with E-state index in [0.29, 0.717) is 6.04 Å². The van der Waals surface area contributed by atoms with Crippen LogP contribution in [0, 0.1) is 0 Å². The molecule has 0 aromatic rings. The van der Waals surface area contributed by atoms with Crippen molar-refractivity contribution < 1.29 is 0 Å². The van der Waals surface area contributed by atoms with Crippen LogP contribution in [0.1, 0.15) is 12.8 Å². The van der Waals surface area contributed by atoms with E-state index in [2.05, 4.69) is 11.9 Å². The minimum atomic E-state index is 0. The Morgan fingerprint density at radius 3 is 2.11 bits per heavy atom. The van der Waals surface area contributed by atoms with Gasteiger partial charge in [-0.3, -0.25) is 0 Å². The maximum atomic E-state index is 5.67. The van der Waals surface area contributed by atoms with Gasteiger partial charge in [-0.25, -0.2) is 0 Å². The maximum Gasteiger partial charge on any atom is 0.00631 e. The van der Waals surface area contributed by atoms with Crippen LogP contribution in [0.5, 0.6) is 0 Å². The van der Waals surface area contributed by atoms with Gasteiger partial charge in [-0.2, -0.15) is 0 Å². The van der Waals surface area contributed by atoms with Crippen molar-refractivity contribution in [2.24, 2.45) is 5.73 Å². The highest BCUT2D eigenvalue weighted by molar-refractivity contribution is 5.85. The van der Waals surface area contributed by atoms with E-state index in [1.165, 1.54) is 25.9 Å². The van der Waals surface area contributed by atoms with E-state index in [4.69, 9.17) is 5.73 Å². The van der Waals surface area contributed by atoms with Crippen molar-refractivity contribution >= 4 is 12.4 Å². The second kappa shape index (κ2) is 4.09. The lowest BCUT2D eigenvalue weighted by atomic mass is 10.1. The van der Waals surface area contributed by atoms with Crippen molar-refractivity contribution in [1.29, 1.82) is 0 Å². The molecule has 3 heteroatoms. The van der Waals surface area contributed by atoms with E-state index < -0.39 is 0 Å². The molecule has 0 radical (unpaired) electrons. The molecule has 0 aromatic carbocycles. The Morgan fingerprint density at radius 1 is 1.33 bits per heavy atom. The number of piperidine rings is 1. The van der Waals surface area contributed by atoms with Crippen molar-refractivity contribution in [1.82, 2.24) is 4.90 Å². The smallest absolute Gasteiger partial charge is 0.00631 e. The molecule has 0 spiro atoms. The molecule has 9 heavy (non-hydrogen) atoms. The third kappa shape index (κ3) is 3.04. The van der Waals surface area contributed by atoms with E-state index in [9.17, 15) is 0 Å². The summed E-state index contributed by atoms with van der Waals surface area (Å²) < 4.78 is 0. The Balaban J connectivity index is 0.000000640. The van der Waals surface area contributed by atoms with Gasteiger partial charge >= 0.3 is 0 Å². The fraction of sp³-hybridized carbons (Fsp3) is 1.00. The molecule has 0 aromatic heterocycles. The summed E-state index contributed by atoms with van der Waals surface area (Å²) in [6.07, 6.45) is 2.35. The molecule has 0 unspecified atom stereocenters. The van der Waals surface area contributed by atoms with Crippen LogP contribution in [-0.4, -0.2) is 31.1 Å². The molecule has 56 valence electrons. The first-order valence-electron chi connectivity index (χ1n) is 3.23. The van der Waals surface area contributed by atoms with Gasteiger partial charge in [0.25, 0.3) is 0 Å². The zero-order valence-electron chi connectivity index (χ0n) is 5.84. The molecule has 0 aliphatic carbocycles. The molecule has 1 fully saturated rings. The van der Waals surface area contributed by atoms with Crippen molar-refractivity contribution in [3.8, 4) is 0 Å². The summed E-state index contributed by atoms with van der Waals surface area (Å²) >= 11 is 0. The third-order valence-corrected chi connectivity index (χ3v) is 1.76. The standard InChI is InChI=1S/C6H14N2.ClH/c1-8-4-2-6(7)3-5-8;/h6H,2-5,7H2,1H3;1H. The molecule has 1 aliphatic rings. The Bertz CT molecular complexity index is 59.5. The molecule has 2 nitrogen and oxygen atoms in total. The fourth-order valence-electron chi connectivity index (χ4n) is 1.03. The van der Waals surface area contributed by atoms with Crippen LogP contribution in [0.3, 0.4) is 0 Å². The van der Waals surface area contributed by atoms with Crippen LogP contribution < -0.4 is 5.73 Å². The zero-order chi connectivity index (χ0) is 5.98. The molecule has 1 aliphatic heterocycles. The number of likely N-dealkylation sites (tertiary alicyclic amines) is 1. The molecule has 0 atom stereocenters. The molecular formula is C6H15ClN2. The first-order valence-corrected chi connectivity index (χ1v) is 3.23. The van der Waals surface area contributed by atoms with Crippen LogP contribution >= 0.6 is 12.4 Å². The topological polar surface area (TPSA) is 29.3 Å². The minimum Gasteiger partial charge on any atom is -0.328 e. The average Bonchev–Trinajstić information content (AvgIpc) is 1.77. The van der Waals surface area contributed by atoms with Gasteiger partial charge in [-0.05, 0) is 33.0 Å². The highest BCUT2D eigenvalue weighted by atomic mass is 35.5. The Kier molecular flexibility index (Phi) is 4.19. The summed E-state index contributed by atoms with van der Waals surface area (Å²) in [5, 5.41) is 0. The molecule has 0 saturated carbocycles. The summed E-state index contributed by atoms with van der Waals surface area (Å²) in [5.41, 5.74) is 5.67. The van der Waals surface area contributed by atoms with Crippen molar-refractivity contribution in [2.45, 2.75) is 18.9 Å². The van der Waals surface area contributed by atoms with Gasteiger partial charge in [0, 0.05) is 6.04 Å². The van der Waals surface area contributed by atoms with E-state index >= 15 is 0 Å². The average molecular weight is 151 g/mol. The Morgan fingerprint density at radius 2 is 1.78 bits per heavy atom. The van der Waals surface area contributed by atoms with Crippen LogP contribution in [-0.2, 0) is 0 Å². The van der Waals surface area contributed by atoms with E-state index in [0.717, 1.165) is 0 Å². The second-order valence-electron chi connectivity index (χ2n) is 2.64. The quantitative estimate of drug-likeness (QED) is 0.544. The predicted octanol–water partition coefficient (Wildman–Crippen LogP) is 0.461. The number of rotatable bonds is 0. The molecule has 1 rings (SSSR count). The molecule has 1 saturated heterocycles. The Labute approximate surface area is 62.8 Å². The van der Waals surface area contributed by atoms with E-state index in [1.807, 2.05) is 0 Å². The highest BCUT2D eigenvalue weighted by Crippen LogP contribution is 2.04. The van der Waals surface area contributed by atoms with Gasteiger partial charge in [0.15, 0.2) is 0 Å². The van der Waals surface area contributed by atoms with Crippen molar-refractivity contribution in [2.75, 3.05) is 20.1 Å². The summed E-state index contributed by atoms with van der Waals surface area (Å²) in [6, 6.07) is 0.478. The number of nitrogens with two attached hydrogens (primary N) is 1. The third-order valence-electron chi connectivity index (χ3n) is 1.76. The van der Waals surface area contributed by atoms with Gasteiger partial charge in [0.2, 0.25) is 0 Å². The second-order valence-corrected chi connectivity index (χ2v) is 2.64. The molecule has 2 N–H and O–H groups in total.